The van der Waals surface area contributed by atoms with E-state index < -0.39 is 6.10 Å². The second-order valence-corrected chi connectivity index (χ2v) is 4.94. The van der Waals surface area contributed by atoms with E-state index >= 15 is 0 Å². The molecule has 96 valence electrons. The molecule has 1 amide bonds. The van der Waals surface area contributed by atoms with Crippen molar-refractivity contribution in [1.82, 2.24) is 5.32 Å². The van der Waals surface area contributed by atoms with Gasteiger partial charge in [-0.15, -0.1) is 0 Å². The minimum Gasteiger partial charge on any atom is -0.462 e. The average Bonchev–Trinajstić information content (AvgIpc) is 2.57. The third-order valence-electron chi connectivity index (χ3n) is 3.75. The molecule has 0 aliphatic carbocycles. The lowest BCUT2D eigenvalue weighted by Crippen LogP contribution is -2.36. The van der Waals surface area contributed by atoms with Crippen molar-refractivity contribution in [3.05, 3.63) is 0 Å². The summed E-state index contributed by atoms with van der Waals surface area (Å²) in [5, 5.41) is 12.9. The van der Waals surface area contributed by atoms with E-state index in [1.54, 1.807) is 6.92 Å². The van der Waals surface area contributed by atoms with Crippen molar-refractivity contribution in [1.29, 1.82) is 0 Å². The van der Waals surface area contributed by atoms with Gasteiger partial charge in [-0.05, 0) is 19.3 Å². The van der Waals surface area contributed by atoms with Crippen molar-refractivity contribution < 1.29 is 19.4 Å². The second-order valence-electron chi connectivity index (χ2n) is 4.94. The molecule has 2 heterocycles. The largest absolute Gasteiger partial charge is 0.462 e. The van der Waals surface area contributed by atoms with Gasteiger partial charge in [-0.1, -0.05) is 6.92 Å². The van der Waals surface area contributed by atoms with Crippen LogP contribution in [0.3, 0.4) is 0 Å². The predicted molar refractivity (Wildman–Crippen MR) is 60.0 cm³/mol. The Labute approximate surface area is 101 Å². The summed E-state index contributed by atoms with van der Waals surface area (Å²) in [4.78, 5) is 22.9. The number of carbonyl (C=O) groups excluding carboxylic acids is 2. The average molecular weight is 241 g/mol. The van der Waals surface area contributed by atoms with Crippen molar-refractivity contribution in [2.24, 2.45) is 11.8 Å². The molecule has 0 radical (unpaired) electrons. The van der Waals surface area contributed by atoms with Gasteiger partial charge in [0.1, 0.15) is 6.10 Å². The van der Waals surface area contributed by atoms with Crippen LogP contribution in [0.4, 0.5) is 0 Å². The first-order chi connectivity index (χ1) is 8.09. The molecule has 2 aliphatic heterocycles. The third kappa shape index (κ3) is 2.60. The zero-order chi connectivity index (χ0) is 12.4. The van der Waals surface area contributed by atoms with Crippen molar-refractivity contribution in [2.45, 2.75) is 44.8 Å². The quantitative estimate of drug-likeness (QED) is 0.595. The molecule has 2 aliphatic rings. The number of hydrogen-bond donors (Lipinski definition) is 2. The van der Waals surface area contributed by atoms with Crippen LogP contribution in [0.2, 0.25) is 0 Å². The summed E-state index contributed by atoms with van der Waals surface area (Å²) in [6.45, 7) is 2.41. The maximum absolute atomic E-state index is 11.5. The van der Waals surface area contributed by atoms with Gasteiger partial charge in [-0.2, -0.15) is 0 Å². The molecule has 5 nitrogen and oxygen atoms in total. The van der Waals surface area contributed by atoms with E-state index in [0.29, 0.717) is 25.8 Å². The van der Waals surface area contributed by atoms with Crippen molar-refractivity contribution in [2.75, 3.05) is 6.54 Å². The van der Waals surface area contributed by atoms with Gasteiger partial charge in [-0.3, -0.25) is 9.59 Å². The number of nitrogens with one attached hydrogen (secondary N) is 1. The number of amides is 1. The Morgan fingerprint density at radius 1 is 1.35 bits per heavy atom. The number of carbonyl (C=O) groups is 2. The fourth-order valence-electron chi connectivity index (χ4n) is 2.74. The smallest absolute Gasteiger partial charge is 0.309 e. The number of rotatable bonds is 0. The van der Waals surface area contributed by atoms with Gasteiger partial charge in [0.2, 0.25) is 5.91 Å². The number of esters is 1. The third-order valence-corrected chi connectivity index (χ3v) is 3.75. The summed E-state index contributed by atoms with van der Waals surface area (Å²) < 4.78 is 5.30. The molecule has 2 rings (SSSR count). The maximum atomic E-state index is 11.5. The number of aliphatic hydroxyl groups is 1. The fraction of sp³-hybridized carbons (Fsp3) is 0.833. The molecule has 4 atom stereocenters. The number of aliphatic hydroxyl groups excluding tert-OH is 1. The minimum absolute atomic E-state index is 0.0274. The highest BCUT2D eigenvalue weighted by Gasteiger charge is 2.45. The van der Waals surface area contributed by atoms with Crippen LogP contribution in [-0.2, 0) is 14.3 Å². The molecule has 2 saturated heterocycles. The summed E-state index contributed by atoms with van der Waals surface area (Å²) >= 11 is 0. The van der Waals surface area contributed by atoms with Gasteiger partial charge in [0.25, 0.3) is 0 Å². The normalized spacial score (nSPS) is 39.2. The van der Waals surface area contributed by atoms with Crippen molar-refractivity contribution in [3.63, 3.8) is 0 Å². The van der Waals surface area contributed by atoms with Crippen molar-refractivity contribution >= 4 is 11.9 Å². The highest BCUT2D eigenvalue weighted by Crippen LogP contribution is 2.35. The Bertz CT molecular complexity index is 318. The van der Waals surface area contributed by atoms with E-state index in [2.05, 4.69) is 5.32 Å². The van der Waals surface area contributed by atoms with Crippen molar-refractivity contribution in [3.8, 4) is 0 Å². The molecule has 0 bridgehead atoms. The molecule has 2 fully saturated rings. The number of fused-ring (bicyclic) bond motifs is 1. The second kappa shape index (κ2) is 5.04. The molecule has 2 N–H and O–H groups in total. The Hall–Kier alpha value is -1.10. The molecule has 17 heavy (non-hydrogen) atoms. The van der Waals surface area contributed by atoms with Gasteiger partial charge in [0.05, 0.1) is 12.0 Å². The summed E-state index contributed by atoms with van der Waals surface area (Å²) in [6.07, 6.45) is 1.37. The topological polar surface area (TPSA) is 75.6 Å². The molecule has 4 unspecified atom stereocenters. The molecule has 0 aromatic heterocycles. The van der Waals surface area contributed by atoms with Gasteiger partial charge >= 0.3 is 5.97 Å². The zero-order valence-corrected chi connectivity index (χ0v) is 10.0. The SMILES string of the molecule is CC1C(=O)OC2CCCNC(=O)CCC(O)C21. The maximum Gasteiger partial charge on any atom is 0.309 e. The van der Waals surface area contributed by atoms with Crippen LogP contribution in [0, 0.1) is 11.8 Å². The highest BCUT2D eigenvalue weighted by atomic mass is 16.6. The summed E-state index contributed by atoms with van der Waals surface area (Å²) in [5.41, 5.74) is 0. The first-order valence-corrected chi connectivity index (χ1v) is 6.25. The van der Waals surface area contributed by atoms with E-state index in [1.165, 1.54) is 0 Å². The van der Waals surface area contributed by atoms with Crippen LogP contribution >= 0.6 is 0 Å². The first-order valence-electron chi connectivity index (χ1n) is 6.25. The highest BCUT2D eigenvalue weighted by molar-refractivity contribution is 5.76. The van der Waals surface area contributed by atoms with E-state index in [0.717, 1.165) is 6.42 Å². The van der Waals surface area contributed by atoms with E-state index in [1.807, 2.05) is 0 Å². The van der Waals surface area contributed by atoms with E-state index in [9.17, 15) is 14.7 Å². The van der Waals surface area contributed by atoms with Gasteiger partial charge in [0, 0.05) is 18.9 Å². The molecule has 0 saturated carbocycles. The van der Waals surface area contributed by atoms with E-state index in [-0.39, 0.29) is 29.8 Å². The minimum atomic E-state index is -0.634. The zero-order valence-electron chi connectivity index (χ0n) is 10.0. The molecular formula is C12H19NO4. The van der Waals surface area contributed by atoms with Crippen LogP contribution in [0.15, 0.2) is 0 Å². The summed E-state index contributed by atoms with van der Waals surface area (Å²) in [6, 6.07) is 0. The summed E-state index contributed by atoms with van der Waals surface area (Å²) in [7, 11) is 0. The monoisotopic (exact) mass is 241 g/mol. The molecule has 0 aromatic carbocycles. The number of hydrogen-bond acceptors (Lipinski definition) is 4. The molecule has 0 spiro atoms. The number of ether oxygens (including phenoxy) is 1. The van der Waals surface area contributed by atoms with Gasteiger partial charge in [0.15, 0.2) is 0 Å². The van der Waals surface area contributed by atoms with Gasteiger partial charge < -0.3 is 15.2 Å². The van der Waals surface area contributed by atoms with Gasteiger partial charge in [-0.25, -0.2) is 0 Å². The fourth-order valence-corrected chi connectivity index (χ4v) is 2.74. The predicted octanol–water partition coefficient (Wildman–Crippen LogP) is 0.215. The Kier molecular flexibility index (Phi) is 3.66. The molecule has 0 aromatic rings. The van der Waals surface area contributed by atoms with E-state index in [4.69, 9.17) is 4.74 Å². The van der Waals surface area contributed by atoms with Crippen LogP contribution in [0.5, 0.6) is 0 Å². The van der Waals surface area contributed by atoms with Crippen LogP contribution in [-0.4, -0.2) is 35.7 Å². The lowest BCUT2D eigenvalue weighted by Gasteiger charge is -2.25. The Balaban J connectivity index is 2.09. The lowest BCUT2D eigenvalue weighted by molar-refractivity contribution is -0.144. The first kappa shape index (κ1) is 12.4. The standard InChI is InChI=1S/C12H19NO4/c1-7-11-8(14)4-5-10(15)13-6-2-3-9(11)17-12(7)16/h7-9,11,14H,2-6H2,1H3,(H,13,15). The Morgan fingerprint density at radius 3 is 2.88 bits per heavy atom. The summed E-state index contributed by atoms with van der Waals surface area (Å²) in [5.74, 6) is -0.677. The Morgan fingerprint density at radius 2 is 2.12 bits per heavy atom. The molecular weight excluding hydrogens is 222 g/mol. The molecule has 5 heteroatoms. The van der Waals surface area contributed by atoms with Crippen LogP contribution in [0.1, 0.15) is 32.6 Å². The van der Waals surface area contributed by atoms with Crippen LogP contribution < -0.4 is 5.32 Å². The lowest BCUT2D eigenvalue weighted by atomic mass is 9.83. The van der Waals surface area contributed by atoms with Crippen LogP contribution in [0.25, 0.3) is 0 Å².